The number of hydrogen-bond acceptors (Lipinski definition) is 11. The van der Waals surface area contributed by atoms with Gasteiger partial charge in [-0.1, -0.05) is 0 Å². The Hall–Kier alpha value is -1.97. The zero-order chi connectivity index (χ0) is 20.2. The Balaban J connectivity index is 1.70. The maximum Gasteiger partial charge on any atom is 0.167 e. The average molecular weight is 399 g/mol. The van der Waals surface area contributed by atoms with Crippen LogP contribution in [0.3, 0.4) is 0 Å². The van der Waals surface area contributed by atoms with Gasteiger partial charge in [-0.2, -0.15) is 0 Å². The predicted octanol–water partition coefficient (Wildman–Crippen LogP) is -4.06. The van der Waals surface area contributed by atoms with Gasteiger partial charge < -0.3 is 40.1 Å². The van der Waals surface area contributed by atoms with Gasteiger partial charge in [-0.15, -0.1) is 0 Å². The van der Waals surface area contributed by atoms with Gasteiger partial charge >= 0.3 is 0 Å². The van der Waals surface area contributed by atoms with Gasteiger partial charge in [-0.05, 0) is 0 Å². The van der Waals surface area contributed by atoms with Crippen LogP contribution in [0, 0.1) is 5.41 Å². The highest BCUT2D eigenvalue weighted by Crippen LogP contribution is 2.31. The van der Waals surface area contributed by atoms with Crippen molar-refractivity contribution in [1.29, 1.82) is 5.41 Å². The zero-order valence-electron chi connectivity index (χ0n) is 14.5. The molecule has 0 radical (unpaired) electrons. The fourth-order valence-corrected chi connectivity index (χ4v) is 3.55. The summed E-state index contributed by atoms with van der Waals surface area (Å²) in [6, 6.07) is 0. The van der Waals surface area contributed by atoms with Gasteiger partial charge in [-0.3, -0.25) is 14.5 Å². The van der Waals surface area contributed by atoms with Gasteiger partial charge in [0.25, 0.3) is 0 Å². The molecule has 0 amide bonds. The van der Waals surface area contributed by atoms with Gasteiger partial charge in [-0.25, -0.2) is 9.97 Å². The van der Waals surface area contributed by atoms with E-state index in [1.165, 1.54) is 21.8 Å². The van der Waals surface area contributed by atoms with Gasteiger partial charge in [0.2, 0.25) is 0 Å². The molecule has 2 aliphatic heterocycles. The molecule has 2 saturated heterocycles. The van der Waals surface area contributed by atoms with Crippen LogP contribution >= 0.6 is 0 Å². The second kappa shape index (κ2) is 7.13. The molecule has 0 aliphatic carbocycles. The SMILES string of the molecule is N=c1c2ncn([C@@H]3O[C@H](CO)[C@@H](O)[C@H]3O)c2ncn1C1O[C@H](CO)[C@@H](O)[C@@H]1O. The third-order valence-corrected chi connectivity index (χ3v) is 5.14. The minimum absolute atomic E-state index is 0.0953. The number of aliphatic hydroxyl groups excluding tert-OH is 6. The van der Waals surface area contributed by atoms with Crippen molar-refractivity contribution in [1.82, 2.24) is 19.1 Å². The number of ether oxygens (including phenoxy) is 2. The first-order valence-electron chi connectivity index (χ1n) is 8.62. The summed E-state index contributed by atoms with van der Waals surface area (Å²) in [7, 11) is 0. The number of fused-ring (bicyclic) bond motifs is 1. The lowest BCUT2D eigenvalue weighted by Gasteiger charge is -2.19. The third kappa shape index (κ3) is 2.75. The Labute approximate surface area is 157 Å². The lowest BCUT2D eigenvalue weighted by atomic mass is 10.1. The first-order chi connectivity index (χ1) is 13.4. The Morgan fingerprint density at radius 2 is 1.32 bits per heavy atom. The molecule has 1 unspecified atom stereocenters. The molecule has 2 aromatic rings. The second-order valence-electron chi connectivity index (χ2n) is 6.78. The summed E-state index contributed by atoms with van der Waals surface area (Å²) in [5, 5.41) is 67.0. The summed E-state index contributed by atoms with van der Waals surface area (Å²) in [5.41, 5.74) is 0.0751. The number of hydrogen-bond donors (Lipinski definition) is 7. The van der Waals surface area contributed by atoms with Crippen molar-refractivity contribution in [3.05, 3.63) is 18.1 Å². The standard InChI is InChI=1S/C15H21N5O8/c16-12-7-13(18-4-19(12)14-10(25)8(23)5(1-21)27-14)20(3-17-7)15-11(26)9(24)6(2-22)28-15/h3-6,8-11,14-16,21-26H,1-2H2/t5-,6-,8-,9-,10+,11-,14?,15-/m1/s1. The average Bonchev–Trinajstić information content (AvgIpc) is 3.33. The van der Waals surface area contributed by atoms with Crippen LogP contribution in [0.25, 0.3) is 11.2 Å². The molecule has 0 aromatic carbocycles. The Bertz CT molecular complexity index is 917. The van der Waals surface area contributed by atoms with Crippen molar-refractivity contribution in [2.75, 3.05) is 13.2 Å². The minimum atomic E-state index is -1.38. The molecule has 28 heavy (non-hydrogen) atoms. The lowest BCUT2D eigenvalue weighted by Crippen LogP contribution is -2.35. The molecule has 7 N–H and O–H groups in total. The molecule has 2 aromatic heterocycles. The van der Waals surface area contributed by atoms with Crippen molar-refractivity contribution in [2.45, 2.75) is 49.1 Å². The zero-order valence-corrected chi connectivity index (χ0v) is 14.5. The van der Waals surface area contributed by atoms with Crippen molar-refractivity contribution < 1.29 is 40.1 Å². The summed E-state index contributed by atoms with van der Waals surface area (Å²) in [4.78, 5) is 8.28. The van der Waals surface area contributed by atoms with Crippen molar-refractivity contribution >= 4 is 11.2 Å². The van der Waals surface area contributed by atoms with Crippen molar-refractivity contribution in [2.24, 2.45) is 0 Å². The molecule has 13 heteroatoms. The molecule has 154 valence electrons. The second-order valence-corrected chi connectivity index (χ2v) is 6.78. The van der Waals surface area contributed by atoms with Crippen molar-refractivity contribution in [3.63, 3.8) is 0 Å². The van der Waals surface area contributed by atoms with E-state index in [2.05, 4.69) is 9.97 Å². The van der Waals surface area contributed by atoms with Crippen LogP contribution in [0.1, 0.15) is 12.5 Å². The minimum Gasteiger partial charge on any atom is -0.394 e. The molecule has 0 saturated carbocycles. The van der Waals surface area contributed by atoms with E-state index in [1.807, 2.05) is 0 Å². The fourth-order valence-electron chi connectivity index (χ4n) is 3.55. The van der Waals surface area contributed by atoms with E-state index in [-0.39, 0.29) is 16.7 Å². The van der Waals surface area contributed by atoms with Crippen LogP contribution in [0.15, 0.2) is 12.7 Å². The van der Waals surface area contributed by atoms with E-state index in [4.69, 9.17) is 14.9 Å². The van der Waals surface area contributed by atoms with E-state index in [1.54, 1.807) is 0 Å². The van der Waals surface area contributed by atoms with Crippen LogP contribution in [-0.4, -0.2) is 99.6 Å². The monoisotopic (exact) mass is 399 g/mol. The van der Waals surface area contributed by atoms with Gasteiger partial charge in [0.1, 0.15) is 43.0 Å². The molecule has 2 aliphatic rings. The number of aliphatic hydroxyl groups is 6. The maximum atomic E-state index is 10.2. The molecule has 13 nitrogen and oxygen atoms in total. The quantitative estimate of drug-likeness (QED) is 0.265. The fraction of sp³-hybridized carbons (Fsp3) is 0.667. The first kappa shape index (κ1) is 19.4. The van der Waals surface area contributed by atoms with Crippen LogP contribution in [-0.2, 0) is 9.47 Å². The van der Waals surface area contributed by atoms with Crippen LogP contribution in [0.2, 0.25) is 0 Å². The van der Waals surface area contributed by atoms with E-state index in [9.17, 15) is 30.6 Å². The molecule has 4 rings (SSSR count). The molecule has 2 fully saturated rings. The highest BCUT2D eigenvalue weighted by Gasteiger charge is 2.45. The Morgan fingerprint density at radius 1 is 0.821 bits per heavy atom. The third-order valence-electron chi connectivity index (χ3n) is 5.14. The molecule has 8 atom stereocenters. The number of nitrogens with zero attached hydrogens (tertiary/aromatic N) is 4. The van der Waals surface area contributed by atoms with E-state index in [0.29, 0.717) is 0 Å². The summed E-state index contributed by atoms with van der Waals surface area (Å²) in [6.07, 6.45) is -7.04. The largest absolute Gasteiger partial charge is 0.394 e. The van der Waals surface area contributed by atoms with Crippen LogP contribution < -0.4 is 5.49 Å². The number of imidazole rings is 1. The van der Waals surface area contributed by atoms with Gasteiger partial charge in [0.05, 0.1) is 19.5 Å². The predicted molar refractivity (Wildman–Crippen MR) is 87.4 cm³/mol. The molecule has 0 bridgehead atoms. The molecular weight excluding hydrogens is 378 g/mol. The smallest absolute Gasteiger partial charge is 0.167 e. The molecule has 4 heterocycles. The number of rotatable bonds is 4. The normalized spacial score (nSPS) is 38.5. The maximum absolute atomic E-state index is 10.2. The van der Waals surface area contributed by atoms with E-state index in [0.717, 1.165) is 0 Å². The highest BCUT2D eigenvalue weighted by molar-refractivity contribution is 5.68. The lowest BCUT2D eigenvalue weighted by molar-refractivity contribution is -0.0554. The molecular formula is C15H21N5O8. The van der Waals surface area contributed by atoms with Crippen molar-refractivity contribution in [3.8, 4) is 0 Å². The Kier molecular flexibility index (Phi) is 4.93. The Morgan fingerprint density at radius 3 is 1.82 bits per heavy atom. The van der Waals surface area contributed by atoms with Crippen LogP contribution in [0.4, 0.5) is 0 Å². The van der Waals surface area contributed by atoms with Crippen LogP contribution in [0.5, 0.6) is 0 Å². The summed E-state index contributed by atoms with van der Waals surface area (Å²) < 4.78 is 13.4. The number of nitrogens with one attached hydrogen (secondary N) is 1. The van der Waals surface area contributed by atoms with Gasteiger partial charge in [0, 0.05) is 0 Å². The summed E-state index contributed by atoms with van der Waals surface area (Å²) >= 11 is 0. The van der Waals surface area contributed by atoms with Gasteiger partial charge in [0.15, 0.2) is 29.1 Å². The molecule has 0 spiro atoms. The topological polar surface area (TPSA) is 199 Å². The summed E-state index contributed by atoms with van der Waals surface area (Å²) in [5.74, 6) is 0. The van der Waals surface area contributed by atoms with E-state index >= 15 is 0 Å². The summed E-state index contributed by atoms with van der Waals surface area (Å²) in [6.45, 7) is -0.984. The number of aromatic nitrogens is 4. The van der Waals surface area contributed by atoms with E-state index < -0.39 is 62.3 Å². The first-order valence-corrected chi connectivity index (χ1v) is 8.62. The highest BCUT2D eigenvalue weighted by atomic mass is 16.6.